The Kier molecular flexibility index (Phi) is 2.37. The van der Waals surface area contributed by atoms with Crippen molar-refractivity contribution in [2.75, 3.05) is 0 Å². The molecule has 0 aliphatic carbocycles. The molecule has 0 saturated heterocycles. The van der Waals surface area contributed by atoms with Crippen molar-refractivity contribution in [3.8, 4) is 5.82 Å². The summed E-state index contributed by atoms with van der Waals surface area (Å²) < 4.78 is 1.78. The first-order valence-corrected chi connectivity index (χ1v) is 5.74. The lowest BCUT2D eigenvalue weighted by Crippen LogP contribution is -2.09. The molecule has 0 unspecified atom stereocenters. The Morgan fingerprint density at radius 3 is 2.72 bits per heavy atom. The number of pyridine rings is 1. The lowest BCUT2D eigenvalue weighted by molar-refractivity contribution is 0.197. The highest BCUT2D eigenvalue weighted by Gasteiger charge is 2.13. The number of aromatic nitrogens is 5. The van der Waals surface area contributed by atoms with E-state index < -0.39 is 6.09 Å². The summed E-state index contributed by atoms with van der Waals surface area (Å²) in [5.74, 6) is 0.445. The first-order chi connectivity index (χ1) is 8.66. The summed E-state index contributed by atoms with van der Waals surface area (Å²) in [5, 5.41) is 17.7. The van der Waals surface area contributed by atoms with E-state index in [0.29, 0.717) is 16.9 Å². The maximum atomic E-state index is 11.1. The number of nitrogens with zero attached hydrogens (tertiary/aromatic N) is 5. The number of hydrogen-bond donors (Lipinski definition) is 1. The van der Waals surface area contributed by atoms with Crippen molar-refractivity contribution in [3.05, 3.63) is 35.2 Å². The van der Waals surface area contributed by atoms with E-state index in [1.54, 1.807) is 12.1 Å². The molecule has 0 aliphatic heterocycles. The van der Waals surface area contributed by atoms with Gasteiger partial charge in [-0.2, -0.15) is 10.2 Å². The molecule has 0 radical (unpaired) electrons. The fourth-order valence-electron chi connectivity index (χ4n) is 1.65. The van der Waals surface area contributed by atoms with Crippen LogP contribution in [0.2, 0.25) is 0 Å². The van der Waals surface area contributed by atoms with Crippen LogP contribution in [-0.2, 0) is 0 Å². The zero-order chi connectivity index (χ0) is 12.7. The molecule has 3 heterocycles. The van der Waals surface area contributed by atoms with Crippen LogP contribution in [0.5, 0.6) is 0 Å². The van der Waals surface area contributed by atoms with E-state index in [4.69, 9.17) is 5.11 Å². The van der Waals surface area contributed by atoms with Crippen LogP contribution in [0.1, 0.15) is 0 Å². The lowest BCUT2D eigenvalue weighted by atomic mass is 10.3. The van der Waals surface area contributed by atoms with Crippen molar-refractivity contribution in [2.45, 2.75) is 0 Å². The number of fused-ring (bicyclic) bond motifs is 1. The molecule has 90 valence electrons. The van der Waals surface area contributed by atoms with Gasteiger partial charge < -0.3 is 5.11 Å². The van der Waals surface area contributed by atoms with Gasteiger partial charge in [0.25, 0.3) is 0 Å². The third-order valence-corrected chi connectivity index (χ3v) is 3.08. The molecule has 3 aromatic heterocycles. The number of carbonyl (C=O) groups is 1. The molecule has 0 atom stereocenters. The van der Waals surface area contributed by atoms with Crippen LogP contribution in [-0.4, -0.2) is 35.7 Å². The fraction of sp³-hybridized carbons (Fsp3) is 0. The molecule has 8 heteroatoms. The van der Waals surface area contributed by atoms with E-state index in [2.05, 4.69) is 31.1 Å². The topological polar surface area (TPSA) is 85.8 Å². The zero-order valence-electron chi connectivity index (χ0n) is 8.86. The van der Waals surface area contributed by atoms with Gasteiger partial charge in [-0.1, -0.05) is 0 Å². The van der Waals surface area contributed by atoms with Crippen molar-refractivity contribution < 1.29 is 9.90 Å². The van der Waals surface area contributed by atoms with E-state index in [0.717, 1.165) is 9.04 Å². The number of rotatable bonds is 1. The fourth-order valence-corrected chi connectivity index (χ4v) is 2.16. The minimum Gasteiger partial charge on any atom is -0.464 e. The second-order valence-corrected chi connectivity index (χ2v) is 4.34. The molecule has 0 spiro atoms. The van der Waals surface area contributed by atoms with Crippen LogP contribution < -0.4 is 0 Å². The summed E-state index contributed by atoms with van der Waals surface area (Å²) in [6, 6.07) is 3.41. The maximum absolute atomic E-state index is 11.1. The Labute approximate surface area is 109 Å². The second kappa shape index (κ2) is 3.91. The molecule has 3 aromatic rings. The molecule has 7 nitrogen and oxygen atoms in total. The minimum atomic E-state index is -1.09. The van der Waals surface area contributed by atoms with Crippen LogP contribution in [0.15, 0.2) is 35.2 Å². The molecule has 3 rings (SSSR count). The van der Waals surface area contributed by atoms with Gasteiger partial charge in [0, 0.05) is 16.1 Å². The highest BCUT2D eigenvalue weighted by atomic mass is 79.9. The highest BCUT2D eigenvalue weighted by molar-refractivity contribution is 9.10. The van der Waals surface area contributed by atoms with Gasteiger partial charge in [0.1, 0.15) is 0 Å². The molecule has 0 saturated carbocycles. The molecule has 0 fully saturated rings. The molecular weight excluding hydrogens is 302 g/mol. The molecule has 1 N–H and O–H groups in total. The zero-order valence-corrected chi connectivity index (χ0v) is 10.4. The first-order valence-electron chi connectivity index (χ1n) is 4.94. The number of carboxylic acid groups (broad SMARTS) is 1. The Morgan fingerprint density at radius 2 is 2.06 bits per heavy atom. The summed E-state index contributed by atoms with van der Waals surface area (Å²) in [6.07, 6.45) is 3.41. The van der Waals surface area contributed by atoms with Crippen molar-refractivity contribution >= 4 is 33.1 Å². The van der Waals surface area contributed by atoms with Gasteiger partial charge in [0.15, 0.2) is 11.5 Å². The van der Waals surface area contributed by atoms with Crippen LogP contribution in [0.4, 0.5) is 4.79 Å². The first kappa shape index (κ1) is 10.9. The van der Waals surface area contributed by atoms with E-state index >= 15 is 0 Å². The molecule has 0 bridgehead atoms. The molecular formula is C10H6BrN5O2. The van der Waals surface area contributed by atoms with Gasteiger partial charge in [0.05, 0.1) is 12.4 Å². The standard InChI is InChI=1S/C10H6BrN5O2/c11-7-5-8(16-12-2-3-13-16)14-9-6(7)1-4-15(9)10(17)18/h1-5H,(H,17,18). The Bertz CT molecular complexity index is 734. The largest absolute Gasteiger partial charge is 0.464 e. The summed E-state index contributed by atoms with van der Waals surface area (Å²) in [7, 11) is 0. The van der Waals surface area contributed by atoms with E-state index in [9.17, 15) is 4.79 Å². The Hall–Kier alpha value is -2.22. The third-order valence-electron chi connectivity index (χ3n) is 2.42. The molecule has 18 heavy (non-hydrogen) atoms. The van der Waals surface area contributed by atoms with Crippen LogP contribution in [0.25, 0.3) is 16.9 Å². The van der Waals surface area contributed by atoms with Gasteiger partial charge in [-0.25, -0.2) is 14.3 Å². The maximum Gasteiger partial charge on any atom is 0.417 e. The van der Waals surface area contributed by atoms with Crippen molar-refractivity contribution in [1.29, 1.82) is 0 Å². The average molecular weight is 308 g/mol. The van der Waals surface area contributed by atoms with Gasteiger partial charge in [-0.05, 0) is 28.1 Å². The van der Waals surface area contributed by atoms with E-state index in [1.807, 2.05) is 0 Å². The average Bonchev–Trinajstić information content (AvgIpc) is 2.97. The predicted molar refractivity (Wildman–Crippen MR) is 65.8 cm³/mol. The lowest BCUT2D eigenvalue weighted by Gasteiger charge is -2.03. The number of hydrogen-bond acceptors (Lipinski definition) is 4. The summed E-state index contributed by atoms with van der Waals surface area (Å²) in [4.78, 5) is 16.6. The second-order valence-electron chi connectivity index (χ2n) is 3.49. The Morgan fingerprint density at radius 1 is 1.33 bits per heavy atom. The van der Waals surface area contributed by atoms with Gasteiger partial charge >= 0.3 is 6.09 Å². The third kappa shape index (κ3) is 1.58. The summed E-state index contributed by atoms with van der Waals surface area (Å²) >= 11 is 3.38. The SMILES string of the molecule is O=C(O)n1ccc2c(Br)cc(-n3nccn3)nc21. The molecule has 0 amide bonds. The summed E-state index contributed by atoms with van der Waals surface area (Å²) in [5.41, 5.74) is 0.337. The highest BCUT2D eigenvalue weighted by Crippen LogP contribution is 2.25. The van der Waals surface area contributed by atoms with Crippen molar-refractivity contribution in [1.82, 2.24) is 24.5 Å². The monoisotopic (exact) mass is 307 g/mol. The molecule has 0 aliphatic rings. The van der Waals surface area contributed by atoms with E-state index in [1.165, 1.54) is 23.4 Å². The van der Waals surface area contributed by atoms with Crippen LogP contribution in [0, 0.1) is 0 Å². The van der Waals surface area contributed by atoms with Crippen LogP contribution in [0.3, 0.4) is 0 Å². The minimum absolute atomic E-state index is 0.337. The van der Waals surface area contributed by atoms with Gasteiger partial charge in [-0.3, -0.25) is 0 Å². The smallest absolute Gasteiger partial charge is 0.417 e. The predicted octanol–water partition coefficient (Wildman–Crippen LogP) is 1.91. The summed E-state index contributed by atoms with van der Waals surface area (Å²) in [6.45, 7) is 0. The van der Waals surface area contributed by atoms with Crippen molar-refractivity contribution in [2.24, 2.45) is 0 Å². The van der Waals surface area contributed by atoms with E-state index in [-0.39, 0.29) is 0 Å². The normalized spacial score (nSPS) is 10.9. The van der Waals surface area contributed by atoms with Crippen molar-refractivity contribution in [3.63, 3.8) is 0 Å². The number of halogens is 1. The Balaban J connectivity index is 2.31. The van der Waals surface area contributed by atoms with Crippen LogP contribution >= 0.6 is 15.9 Å². The molecule has 0 aromatic carbocycles. The van der Waals surface area contributed by atoms with Gasteiger partial charge in [-0.15, -0.1) is 4.80 Å². The quantitative estimate of drug-likeness (QED) is 0.742. The van der Waals surface area contributed by atoms with Gasteiger partial charge in [0.2, 0.25) is 0 Å².